The summed E-state index contributed by atoms with van der Waals surface area (Å²) in [7, 11) is 0. The Labute approximate surface area is 162 Å². The molecule has 24 heavy (non-hydrogen) atoms. The van der Waals surface area contributed by atoms with Gasteiger partial charge in [-0.3, -0.25) is 4.90 Å². The molecule has 0 amide bonds. The molecule has 0 radical (unpaired) electrons. The van der Waals surface area contributed by atoms with E-state index in [1.807, 2.05) is 6.07 Å². The number of rotatable bonds is 5. The molecule has 136 valence electrons. The van der Waals surface area contributed by atoms with Crippen LogP contribution in [0.1, 0.15) is 44.6 Å². The van der Waals surface area contributed by atoms with E-state index in [2.05, 4.69) is 34.1 Å². The van der Waals surface area contributed by atoms with Crippen LogP contribution in [0, 0.1) is 0 Å². The summed E-state index contributed by atoms with van der Waals surface area (Å²) in [6, 6.07) is 2.70. The Hall–Kier alpha value is -0.830. The normalized spacial score (nSPS) is 22.0. The van der Waals surface area contributed by atoms with Crippen molar-refractivity contribution in [2.45, 2.75) is 52.1 Å². The van der Waals surface area contributed by atoms with E-state index in [1.165, 1.54) is 32.4 Å². The van der Waals surface area contributed by atoms with E-state index in [9.17, 15) is 0 Å². The van der Waals surface area contributed by atoms with Crippen LogP contribution in [0.4, 0.5) is 0 Å². The highest BCUT2D eigenvalue weighted by Gasteiger charge is 2.30. The van der Waals surface area contributed by atoms with Crippen molar-refractivity contribution >= 4 is 29.9 Å². The number of nitrogens with zero attached hydrogens (tertiary/aromatic N) is 4. The van der Waals surface area contributed by atoms with Gasteiger partial charge < -0.3 is 14.7 Å². The van der Waals surface area contributed by atoms with E-state index in [0.717, 1.165) is 43.5 Å². The molecule has 2 saturated heterocycles. The maximum absolute atomic E-state index is 5.34. The van der Waals surface area contributed by atoms with Gasteiger partial charge in [0, 0.05) is 31.7 Å². The summed E-state index contributed by atoms with van der Waals surface area (Å²) >= 11 is 0. The Bertz CT molecular complexity index is 527. The monoisotopic (exact) mass is 447 g/mol. The van der Waals surface area contributed by atoms with Crippen LogP contribution in [0.5, 0.6) is 0 Å². The van der Waals surface area contributed by atoms with Gasteiger partial charge in [-0.1, -0.05) is 12.1 Å². The highest BCUT2D eigenvalue weighted by molar-refractivity contribution is 14.0. The van der Waals surface area contributed by atoms with Gasteiger partial charge in [0.15, 0.2) is 11.7 Å². The second-order valence-electron chi connectivity index (χ2n) is 6.44. The molecule has 0 aliphatic carbocycles. The number of aromatic nitrogens is 1. The first-order valence-corrected chi connectivity index (χ1v) is 9.02. The largest absolute Gasteiger partial charge is 0.359 e. The molecule has 1 aromatic heterocycles. The average molecular weight is 447 g/mol. The molecule has 0 saturated carbocycles. The number of aryl methyl sites for hydroxylation is 1. The minimum atomic E-state index is 0. The number of hydrogen-bond donors (Lipinski definition) is 1. The van der Waals surface area contributed by atoms with Crippen molar-refractivity contribution in [2.24, 2.45) is 4.99 Å². The number of halogens is 1. The van der Waals surface area contributed by atoms with E-state index in [-0.39, 0.29) is 24.0 Å². The van der Waals surface area contributed by atoms with Crippen molar-refractivity contribution < 1.29 is 4.52 Å². The summed E-state index contributed by atoms with van der Waals surface area (Å²) in [6.45, 7) is 10.4. The van der Waals surface area contributed by atoms with Gasteiger partial charge in [-0.05, 0) is 45.7 Å². The quantitative estimate of drug-likeness (QED) is 0.427. The second kappa shape index (κ2) is 9.60. The highest BCUT2D eigenvalue weighted by Crippen LogP contribution is 2.20. The van der Waals surface area contributed by atoms with E-state index in [4.69, 9.17) is 9.52 Å². The van der Waals surface area contributed by atoms with Crippen LogP contribution in [0.2, 0.25) is 0 Å². The van der Waals surface area contributed by atoms with Crippen molar-refractivity contribution in [2.75, 3.05) is 32.7 Å². The van der Waals surface area contributed by atoms with Crippen LogP contribution in [0.25, 0.3) is 0 Å². The fraction of sp³-hybridized carbons (Fsp3) is 0.765. The van der Waals surface area contributed by atoms with Gasteiger partial charge in [0.25, 0.3) is 0 Å². The van der Waals surface area contributed by atoms with Crippen LogP contribution >= 0.6 is 24.0 Å². The highest BCUT2D eigenvalue weighted by atomic mass is 127. The molecule has 7 heteroatoms. The third-order valence-corrected chi connectivity index (χ3v) is 4.81. The van der Waals surface area contributed by atoms with Gasteiger partial charge in [-0.15, -0.1) is 24.0 Å². The maximum Gasteiger partial charge on any atom is 0.194 e. The molecule has 2 aliphatic heterocycles. The van der Waals surface area contributed by atoms with Gasteiger partial charge in [-0.2, -0.15) is 0 Å². The molecule has 3 rings (SSSR count). The smallest absolute Gasteiger partial charge is 0.194 e. The Kier molecular flexibility index (Phi) is 7.80. The summed E-state index contributed by atoms with van der Waals surface area (Å²) in [5.74, 6) is 1.84. The predicted molar refractivity (Wildman–Crippen MR) is 107 cm³/mol. The van der Waals surface area contributed by atoms with Crippen LogP contribution in [-0.4, -0.2) is 59.7 Å². The fourth-order valence-electron chi connectivity index (χ4n) is 3.51. The minimum Gasteiger partial charge on any atom is -0.359 e. The second-order valence-corrected chi connectivity index (χ2v) is 6.44. The molecular formula is C17H30IN5O. The number of likely N-dealkylation sites (tertiary alicyclic amines) is 2. The summed E-state index contributed by atoms with van der Waals surface area (Å²) in [6.07, 6.45) is 4.86. The number of hydrogen-bond acceptors (Lipinski definition) is 4. The first-order chi connectivity index (χ1) is 11.3. The van der Waals surface area contributed by atoms with Crippen LogP contribution < -0.4 is 5.32 Å². The van der Waals surface area contributed by atoms with E-state index >= 15 is 0 Å². The average Bonchev–Trinajstić information content (AvgIpc) is 3.32. The van der Waals surface area contributed by atoms with Crippen LogP contribution in [0.15, 0.2) is 15.6 Å². The number of aliphatic imine (C=N–C) groups is 1. The zero-order chi connectivity index (χ0) is 16.1. The molecule has 0 spiro atoms. The van der Waals surface area contributed by atoms with Gasteiger partial charge >= 0.3 is 0 Å². The fourth-order valence-corrected chi connectivity index (χ4v) is 3.51. The van der Waals surface area contributed by atoms with Crippen molar-refractivity contribution in [3.8, 4) is 0 Å². The first-order valence-electron chi connectivity index (χ1n) is 9.02. The molecule has 1 N–H and O–H groups in total. The molecule has 6 nitrogen and oxygen atoms in total. The topological polar surface area (TPSA) is 56.9 Å². The molecule has 1 unspecified atom stereocenters. The number of guanidine groups is 1. The van der Waals surface area contributed by atoms with Gasteiger partial charge in [0.05, 0.1) is 5.69 Å². The van der Waals surface area contributed by atoms with Gasteiger partial charge in [0.2, 0.25) is 0 Å². The number of nitrogens with one attached hydrogen (secondary N) is 1. The van der Waals surface area contributed by atoms with E-state index in [0.29, 0.717) is 12.6 Å². The molecule has 2 fully saturated rings. The first kappa shape index (κ1) is 19.5. The molecule has 1 atom stereocenters. The molecule has 0 aromatic carbocycles. The summed E-state index contributed by atoms with van der Waals surface area (Å²) in [4.78, 5) is 9.79. The van der Waals surface area contributed by atoms with Crippen molar-refractivity contribution in [3.63, 3.8) is 0 Å². The maximum atomic E-state index is 5.34. The lowest BCUT2D eigenvalue weighted by Crippen LogP contribution is -2.42. The minimum absolute atomic E-state index is 0. The summed E-state index contributed by atoms with van der Waals surface area (Å²) < 4.78 is 5.34. The lowest BCUT2D eigenvalue weighted by atomic mass is 10.2. The lowest BCUT2D eigenvalue weighted by molar-refractivity contribution is 0.249. The predicted octanol–water partition coefficient (Wildman–Crippen LogP) is 2.49. The van der Waals surface area contributed by atoms with Gasteiger partial charge in [-0.25, -0.2) is 4.99 Å². The molecule has 0 bridgehead atoms. The Morgan fingerprint density at radius 1 is 1.33 bits per heavy atom. The molecule has 1 aromatic rings. The van der Waals surface area contributed by atoms with Crippen LogP contribution in [0.3, 0.4) is 0 Å². The summed E-state index contributed by atoms with van der Waals surface area (Å²) in [5, 5.41) is 7.46. The Morgan fingerprint density at radius 2 is 2.12 bits per heavy atom. The standard InChI is InChI=1S/C17H29N5O.HI/c1-3-14-11-16(23-20-14)12-19-17(18-4-2)22-10-7-15(13-22)21-8-5-6-9-21;/h11,15H,3-10,12-13H2,1-2H3,(H,18,19);1H. The molecule has 2 aliphatic rings. The van der Waals surface area contributed by atoms with Crippen molar-refractivity contribution in [1.29, 1.82) is 0 Å². The third kappa shape index (κ3) is 4.84. The van der Waals surface area contributed by atoms with E-state index in [1.54, 1.807) is 0 Å². The van der Waals surface area contributed by atoms with Crippen molar-refractivity contribution in [3.05, 3.63) is 17.5 Å². The van der Waals surface area contributed by atoms with Gasteiger partial charge in [0.1, 0.15) is 6.54 Å². The Morgan fingerprint density at radius 3 is 2.79 bits per heavy atom. The summed E-state index contributed by atoms with van der Waals surface area (Å²) in [5.41, 5.74) is 0.996. The third-order valence-electron chi connectivity index (χ3n) is 4.81. The molecule has 3 heterocycles. The zero-order valence-electron chi connectivity index (χ0n) is 14.8. The van der Waals surface area contributed by atoms with Crippen LogP contribution in [-0.2, 0) is 13.0 Å². The zero-order valence-corrected chi connectivity index (χ0v) is 17.2. The van der Waals surface area contributed by atoms with Crippen molar-refractivity contribution in [1.82, 2.24) is 20.3 Å². The lowest BCUT2D eigenvalue weighted by Gasteiger charge is -2.25. The Balaban J connectivity index is 0.00000208. The molecular weight excluding hydrogens is 417 g/mol. The van der Waals surface area contributed by atoms with E-state index < -0.39 is 0 Å². The SMILES string of the molecule is CCNC(=NCc1cc(CC)no1)N1CCC(N2CCCC2)C1.I.